The van der Waals surface area contributed by atoms with Crippen molar-refractivity contribution in [2.24, 2.45) is 14.1 Å². The van der Waals surface area contributed by atoms with Gasteiger partial charge in [0.2, 0.25) is 0 Å². The quantitative estimate of drug-likeness (QED) is 0.411. The number of aromatic nitrogens is 4. The minimum absolute atomic E-state index is 0.964. The van der Waals surface area contributed by atoms with Gasteiger partial charge in [-0.25, -0.2) is 9.97 Å². The maximum atomic E-state index is 4.73. The highest BCUT2D eigenvalue weighted by Crippen LogP contribution is 2.19. The first-order valence-corrected chi connectivity index (χ1v) is 8.64. The first-order valence-electron chi connectivity index (χ1n) is 8.64. The van der Waals surface area contributed by atoms with E-state index in [4.69, 9.17) is 9.97 Å². The molecule has 5 heterocycles. The predicted octanol–water partition coefficient (Wildman–Crippen LogP) is 4.68. The van der Waals surface area contributed by atoms with Crippen molar-refractivity contribution in [3.8, 4) is 0 Å². The molecule has 0 amide bonds. The molecular weight excluding hydrogens is 320 g/mol. The van der Waals surface area contributed by atoms with Gasteiger partial charge in [-0.05, 0) is 72.8 Å². The number of nitrogens with zero attached hydrogens (tertiary/aromatic N) is 4. The van der Waals surface area contributed by atoms with Crippen LogP contribution in [0.4, 0.5) is 0 Å². The van der Waals surface area contributed by atoms with E-state index >= 15 is 0 Å². The van der Waals surface area contributed by atoms with Crippen molar-refractivity contribution in [1.82, 2.24) is 19.1 Å². The van der Waals surface area contributed by atoms with Crippen molar-refractivity contribution < 1.29 is 0 Å². The summed E-state index contributed by atoms with van der Waals surface area (Å²) < 4.78 is 4.31. The van der Waals surface area contributed by atoms with Crippen molar-refractivity contribution in [2.75, 3.05) is 0 Å². The Bertz CT molecular complexity index is 1070. The molecular formula is C22H18N4. The third-order valence-electron chi connectivity index (χ3n) is 4.95. The molecule has 0 saturated carbocycles. The third-order valence-corrected chi connectivity index (χ3v) is 4.95. The van der Waals surface area contributed by atoms with Crippen LogP contribution in [-0.2, 0) is 14.1 Å². The molecule has 0 atom stereocenters. The molecule has 0 aromatic carbocycles. The second kappa shape index (κ2) is 5.56. The fourth-order valence-corrected chi connectivity index (χ4v) is 3.38. The number of rotatable bonds is 0. The molecule has 2 aliphatic heterocycles. The van der Waals surface area contributed by atoms with Gasteiger partial charge in [0.1, 0.15) is 0 Å². The summed E-state index contributed by atoms with van der Waals surface area (Å²) in [6.45, 7) is 0. The lowest BCUT2D eigenvalue weighted by atomic mass is 10.3. The molecule has 0 spiro atoms. The highest BCUT2D eigenvalue weighted by Gasteiger charge is 2.03. The van der Waals surface area contributed by atoms with Crippen LogP contribution >= 0.6 is 0 Å². The van der Waals surface area contributed by atoms with E-state index in [0.29, 0.717) is 0 Å². The van der Waals surface area contributed by atoms with E-state index in [0.717, 1.165) is 44.8 Å². The second-order valence-electron chi connectivity index (χ2n) is 6.65. The SMILES string of the molecule is Cn1c2ccc1cc1nc(cc3ccc(cc4nc(c2)C=C4)n3C)C=C1. The molecule has 0 unspecified atom stereocenters. The average molecular weight is 338 g/mol. The van der Waals surface area contributed by atoms with E-state index in [9.17, 15) is 0 Å². The molecule has 3 aromatic heterocycles. The van der Waals surface area contributed by atoms with Crippen LogP contribution in [0.1, 0.15) is 22.8 Å². The van der Waals surface area contributed by atoms with E-state index in [1.54, 1.807) is 0 Å². The van der Waals surface area contributed by atoms with Crippen molar-refractivity contribution in [2.45, 2.75) is 0 Å². The summed E-state index contributed by atoms with van der Waals surface area (Å²) in [5, 5.41) is 0. The monoisotopic (exact) mass is 338 g/mol. The molecule has 4 nitrogen and oxygen atoms in total. The smallest absolute Gasteiger partial charge is 0.0658 e. The van der Waals surface area contributed by atoms with Crippen LogP contribution in [-0.4, -0.2) is 19.1 Å². The summed E-state index contributed by atoms with van der Waals surface area (Å²) in [6.07, 6.45) is 8.23. The molecule has 4 heteroatoms. The number of aryl methyl sites for hydroxylation is 2. The van der Waals surface area contributed by atoms with Gasteiger partial charge < -0.3 is 9.13 Å². The molecule has 5 rings (SSSR count). The Morgan fingerprint density at radius 3 is 1.04 bits per heavy atom. The standard InChI is InChI=1S/C22H18N4/c1-25-19-7-8-20(25)12-16-4-6-18(24-16)14-22-10-9-21(26(22)2)13-17-5-3-15(11-19)23-17/h3-14H,1-2H3. The number of hydrogen-bond acceptors (Lipinski definition) is 2. The Balaban J connectivity index is 1.91. The summed E-state index contributed by atoms with van der Waals surface area (Å²) >= 11 is 0. The third kappa shape index (κ3) is 2.47. The minimum atomic E-state index is 0.964. The Hall–Kier alpha value is -3.40. The summed E-state index contributed by atoms with van der Waals surface area (Å²) in [7, 11) is 4.13. The zero-order chi connectivity index (χ0) is 17.7. The molecule has 26 heavy (non-hydrogen) atoms. The van der Waals surface area contributed by atoms with Gasteiger partial charge >= 0.3 is 0 Å². The molecule has 2 aliphatic rings. The van der Waals surface area contributed by atoms with Crippen molar-refractivity contribution in [3.63, 3.8) is 0 Å². The maximum Gasteiger partial charge on any atom is 0.0658 e. The van der Waals surface area contributed by atoms with Crippen LogP contribution in [0.3, 0.4) is 0 Å². The first kappa shape index (κ1) is 14.9. The molecule has 0 saturated heterocycles. The summed E-state index contributed by atoms with van der Waals surface area (Å²) in [5.41, 5.74) is 8.33. The van der Waals surface area contributed by atoms with E-state index in [1.165, 1.54) is 0 Å². The lowest BCUT2D eigenvalue weighted by Crippen LogP contribution is -1.87. The Morgan fingerprint density at radius 2 is 0.769 bits per heavy atom. The minimum Gasteiger partial charge on any atom is -0.344 e. The zero-order valence-electron chi connectivity index (χ0n) is 14.7. The zero-order valence-corrected chi connectivity index (χ0v) is 14.7. The van der Waals surface area contributed by atoms with Gasteiger partial charge in [-0.2, -0.15) is 0 Å². The Kier molecular flexibility index (Phi) is 3.19. The highest BCUT2D eigenvalue weighted by atomic mass is 14.9. The van der Waals surface area contributed by atoms with Gasteiger partial charge in [-0.3, -0.25) is 0 Å². The van der Waals surface area contributed by atoms with Gasteiger partial charge in [-0.1, -0.05) is 0 Å². The number of fused-ring (bicyclic) bond motifs is 8. The summed E-state index contributed by atoms with van der Waals surface area (Å²) in [5.74, 6) is 0. The molecule has 0 aliphatic carbocycles. The first-order chi connectivity index (χ1) is 12.7. The van der Waals surface area contributed by atoms with Gasteiger partial charge in [0.15, 0.2) is 0 Å². The molecule has 0 fully saturated rings. The van der Waals surface area contributed by atoms with Gasteiger partial charge in [0.05, 0.1) is 22.8 Å². The van der Waals surface area contributed by atoms with Crippen LogP contribution in [0.5, 0.6) is 0 Å². The number of hydrogen-bond donors (Lipinski definition) is 0. The van der Waals surface area contributed by atoms with Crippen LogP contribution in [0.25, 0.3) is 46.4 Å². The van der Waals surface area contributed by atoms with Crippen molar-refractivity contribution in [3.05, 3.63) is 71.3 Å². The lowest BCUT2D eigenvalue weighted by molar-refractivity contribution is 1.01. The normalized spacial score (nSPS) is 12.7. The second-order valence-corrected chi connectivity index (χ2v) is 6.65. The van der Waals surface area contributed by atoms with Crippen LogP contribution in [0.15, 0.2) is 48.5 Å². The van der Waals surface area contributed by atoms with Crippen molar-refractivity contribution in [1.29, 1.82) is 0 Å². The largest absolute Gasteiger partial charge is 0.344 e. The van der Waals surface area contributed by atoms with E-state index in [2.05, 4.69) is 96.1 Å². The lowest BCUT2D eigenvalue weighted by Gasteiger charge is -1.96. The maximum absolute atomic E-state index is 4.73. The highest BCUT2D eigenvalue weighted by molar-refractivity contribution is 5.77. The summed E-state index contributed by atoms with van der Waals surface area (Å²) in [4.78, 5) is 9.46. The van der Waals surface area contributed by atoms with Crippen LogP contribution in [0, 0.1) is 0 Å². The van der Waals surface area contributed by atoms with Gasteiger partial charge in [0, 0.05) is 36.2 Å². The van der Waals surface area contributed by atoms with E-state index in [1.807, 2.05) is 0 Å². The molecule has 3 aromatic rings. The fraction of sp³-hybridized carbons (Fsp3) is 0.0909. The van der Waals surface area contributed by atoms with E-state index in [-0.39, 0.29) is 0 Å². The van der Waals surface area contributed by atoms with E-state index < -0.39 is 0 Å². The topological polar surface area (TPSA) is 35.6 Å². The van der Waals surface area contributed by atoms with Crippen LogP contribution in [0.2, 0.25) is 0 Å². The molecule has 0 N–H and O–H groups in total. The average Bonchev–Trinajstić information content (AvgIpc) is 3.39. The fourth-order valence-electron chi connectivity index (χ4n) is 3.38. The van der Waals surface area contributed by atoms with Gasteiger partial charge in [-0.15, -0.1) is 0 Å². The Labute approximate surface area is 151 Å². The molecule has 8 bridgehead atoms. The Morgan fingerprint density at radius 1 is 0.500 bits per heavy atom. The van der Waals surface area contributed by atoms with Crippen LogP contribution < -0.4 is 0 Å². The molecule has 0 radical (unpaired) electrons. The molecule has 126 valence electrons. The summed E-state index contributed by atoms with van der Waals surface area (Å²) in [6, 6.07) is 16.9. The van der Waals surface area contributed by atoms with Gasteiger partial charge in [0.25, 0.3) is 0 Å². The van der Waals surface area contributed by atoms with Crippen molar-refractivity contribution >= 4 is 46.4 Å². The predicted molar refractivity (Wildman–Crippen MR) is 108 cm³/mol.